The molecule has 0 unspecified atom stereocenters. The molecular formula is C18H28O2. The Balaban J connectivity index is 3.86. The Morgan fingerprint density at radius 1 is 1.00 bits per heavy atom. The molecular weight excluding hydrogens is 248 g/mol. The van der Waals surface area contributed by atoms with E-state index in [1.165, 1.54) is 16.7 Å². The number of hydrogen-bond donors (Lipinski definition) is 1. The minimum atomic E-state index is 0.139. The largest absolute Gasteiger partial charge is 0.392 e. The normalized spacial score (nSPS) is 13.4. The Kier molecular flexibility index (Phi) is 11.9. The van der Waals surface area contributed by atoms with Crippen molar-refractivity contribution in [3.05, 3.63) is 34.9 Å². The van der Waals surface area contributed by atoms with E-state index in [1.54, 1.807) is 0 Å². The van der Waals surface area contributed by atoms with Gasteiger partial charge in [0, 0.05) is 0 Å². The summed E-state index contributed by atoms with van der Waals surface area (Å²) >= 11 is 0. The van der Waals surface area contributed by atoms with E-state index in [-0.39, 0.29) is 6.61 Å². The highest BCUT2D eigenvalue weighted by atomic mass is 16.5. The molecule has 0 radical (unpaired) electrons. The zero-order valence-electron chi connectivity index (χ0n) is 13.1. The van der Waals surface area contributed by atoms with Crippen LogP contribution in [0.4, 0.5) is 0 Å². The van der Waals surface area contributed by atoms with Crippen LogP contribution in [0.2, 0.25) is 0 Å². The molecule has 0 spiro atoms. The Morgan fingerprint density at radius 3 is 2.10 bits per heavy atom. The summed E-state index contributed by atoms with van der Waals surface area (Å²) in [6, 6.07) is 0. The number of rotatable bonds is 10. The first-order valence-electron chi connectivity index (χ1n) is 7.19. The van der Waals surface area contributed by atoms with Gasteiger partial charge in [-0.2, -0.15) is 0 Å². The van der Waals surface area contributed by atoms with Crippen LogP contribution in [0, 0.1) is 12.3 Å². The summed E-state index contributed by atoms with van der Waals surface area (Å²) in [6.45, 7) is 7.44. The van der Waals surface area contributed by atoms with E-state index in [1.807, 2.05) is 6.08 Å². The molecule has 1 N–H and O–H groups in total. The summed E-state index contributed by atoms with van der Waals surface area (Å²) in [6.07, 6.45) is 15.7. The summed E-state index contributed by atoms with van der Waals surface area (Å²) in [5.41, 5.74) is 3.89. The van der Waals surface area contributed by atoms with E-state index in [9.17, 15) is 0 Å². The van der Waals surface area contributed by atoms with Crippen LogP contribution in [0.25, 0.3) is 0 Å². The Morgan fingerprint density at radius 2 is 1.55 bits per heavy atom. The van der Waals surface area contributed by atoms with Crippen molar-refractivity contribution in [2.45, 2.75) is 46.5 Å². The number of ether oxygens (including phenoxy) is 1. The van der Waals surface area contributed by atoms with Crippen LogP contribution in [0.15, 0.2) is 34.9 Å². The maximum atomic E-state index is 8.77. The zero-order chi connectivity index (χ0) is 15.2. The van der Waals surface area contributed by atoms with Crippen LogP contribution in [-0.4, -0.2) is 24.9 Å². The number of allylic oxidation sites excluding steroid dienone is 4. The first-order valence-corrected chi connectivity index (χ1v) is 7.19. The molecule has 0 saturated carbocycles. The van der Waals surface area contributed by atoms with Gasteiger partial charge >= 0.3 is 0 Å². The fourth-order valence-electron chi connectivity index (χ4n) is 1.78. The minimum absolute atomic E-state index is 0.139. The van der Waals surface area contributed by atoms with Gasteiger partial charge in [0.15, 0.2) is 0 Å². The van der Waals surface area contributed by atoms with Gasteiger partial charge in [-0.3, -0.25) is 0 Å². The van der Waals surface area contributed by atoms with Crippen LogP contribution in [0.3, 0.4) is 0 Å². The second-order valence-electron chi connectivity index (χ2n) is 5.11. The molecule has 20 heavy (non-hydrogen) atoms. The van der Waals surface area contributed by atoms with Crippen molar-refractivity contribution in [2.75, 3.05) is 19.8 Å². The molecule has 0 atom stereocenters. The molecule has 2 heteroatoms. The lowest BCUT2D eigenvalue weighted by Crippen LogP contribution is -1.95. The van der Waals surface area contributed by atoms with E-state index in [4.69, 9.17) is 16.3 Å². The van der Waals surface area contributed by atoms with E-state index >= 15 is 0 Å². The maximum absolute atomic E-state index is 8.77. The highest BCUT2D eigenvalue weighted by molar-refractivity contribution is 5.06. The molecule has 0 rings (SSSR count). The monoisotopic (exact) mass is 276 g/mol. The molecule has 2 nitrogen and oxygen atoms in total. The number of terminal acetylenes is 1. The topological polar surface area (TPSA) is 29.5 Å². The fraction of sp³-hybridized carbons (Fsp3) is 0.556. The highest BCUT2D eigenvalue weighted by Gasteiger charge is 1.93. The van der Waals surface area contributed by atoms with Gasteiger partial charge in [-0.25, -0.2) is 0 Å². The van der Waals surface area contributed by atoms with Crippen LogP contribution in [-0.2, 0) is 4.74 Å². The Hall–Kier alpha value is -1.30. The average molecular weight is 276 g/mol. The third-order valence-corrected chi connectivity index (χ3v) is 3.02. The Bertz CT molecular complexity index is 381. The second-order valence-corrected chi connectivity index (χ2v) is 5.11. The lowest BCUT2D eigenvalue weighted by atomic mass is 10.1. The molecule has 0 aliphatic rings. The minimum Gasteiger partial charge on any atom is -0.392 e. The number of aliphatic hydroxyl groups excluding tert-OH is 1. The van der Waals surface area contributed by atoms with Crippen molar-refractivity contribution in [1.29, 1.82) is 0 Å². The smallest absolute Gasteiger partial charge is 0.107 e. The van der Waals surface area contributed by atoms with Crippen LogP contribution in [0.5, 0.6) is 0 Å². The van der Waals surface area contributed by atoms with Crippen LogP contribution in [0.1, 0.15) is 46.5 Å². The predicted octanol–water partition coefficient (Wildman–Crippen LogP) is 4.03. The molecule has 0 fully saturated rings. The van der Waals surface area contributed by atoms with Gasteiger partial charge in [0.25, 0.3) is 0 Å². The van der Waals surface area contributed by atoms with E-state index < -0.39 is 0 Å². The molecule has 0 aromatic heterocycles. The van der Waals surface area contributed by atoms with Crippen molar-refractivity contribution >= 4 is 0 Å². The number of hydrogen-bond acceptors (Lipinski definition) is 2. The third-order valence-electron chi connectivity index (χ3n) is 3.02. The molecule has 0 aromatic rings. The summed E-state index contributed by atoms with van der Waals surface area (Å²) in [5.74, 6) is 2.46. The van der Waals surface area contributed by atoms with Gasteiger partial charge in [0.2, 0.25) is 0 Å². The van der Waals surface area contributed by atoms with Gasteiger partial charge in [-0.1, -0.05) is 40.9 Å². The van der Waals surface area contributed by atoms with Gasteiger partial charge < -0.3 is 9.84 Å². The summed E-state index contributed by atoms with van der Waals surface area (Å²) < 4.78 is 5.27. The highest BCUT2D eigenvalue weighted by Crippen LogP contribution is 2.11. The van der Waals surface area contributed by atoms with Crippen molar-refractivity contribution in [3.63, 3.8) is 0 Å². The maximum Gasteiger partial charge on any atom is 0.107 e. The van der Waals surface area contributed by atoms with Crippen LogP contribution >= 0.6 is 0 Å². The van der Waals surface area contributed by atoms with Crippen LogP contribution < -0.4 is 0 Å². The zero-order valence-corrected chi connectivity index (χ0v) is 13.1. The average Bonchev–Trinajstić information content (AvgIpc) is 2.39. The van der Waals surface area contributed by atoms with E-state index in [2.05, 4.69) is 38.8 Å². The summed E-state index contributed by atoms with van der Waals surface area (Å²) in [5, 5.41) is 8.77. The third kappa shape index (κ3) is 11.8. The molecule has 0 saturated heterocycles. The second kappa shape index (κ2) is 12.7. The van der Waals surface area contributed by atoms with Gasteiger partial charge in [-0.05, 0) is 46.5 Å². The number of aliphatic hydroxyl groups is 1. The van der Waals surface area contributed by atoms with Gasteiger partial charge in [0.1, 0.15) is 6.61 Å². The van der Waals surface area contributed by atoms with Crippen molar-refractivity contribution in [2.24, 2.45) is 0 Å². The fourth-order valence-corrected chi connectivity index (χ4v) is 1.78. The molecule has 0 bridgehead atoms. The molecule has 0 aliphatic heterocycles. The Labute approximate surface area is 124 Å². The van der Waals surface area contributed by atoms with Crippen molar-refractivity contribution < 1.29 is 9.84 Å². The SMILES string of the molecule is C#CCOC/C(C)=C/CC/C(C)=C/CC/C(C)=C/CO. The molecule has 0 amide bonds. The molecule has 0 aromatic carbocycles. The molecule has 112 valence electrons. The van der Waals surface area contributed by atoms with E-state index in [0.717, 1.165) is 25.7 Å². The predicted molar refractivity (Wildman–Crippen MR) is 86.5 cm³/mol. The van der Waals surface area contributed by atoms with Gasteiger partial charge in [0.05, 0.1) is 13.2 Å². The quantitative estimate of drug-likeness (QED) is 0.371. The van der Waals surface area contributed by atoms with Crippen molar-refractivity contribution in [1.82, 2.24) is 0 Å². The lowest BCUT2D eigenvalue weighted by Gasteiger charge is -2.03. The summed E-state index contributed by atoms with van der Waals surface area (Å²) in [7, 11) is 0. The van der Waals surface area contributed by atoms with Gasteiger partial charge in [-0.15, -0.1) is 6.42 Å². The lowest BCUT2D eigenvalue weighted by molar-refractivity contribution is 0.192. The molecule has 0 aliphatic carbocycles. The standard InChI is InChI=1S/C18H28O2/c1-5-14-20-15-18(4)11-7-9-16(2)8-6-10-17(3)12-13-19/h1,8,11-12,19H,6-7,9-10,13-15H2,2-4H3/b16-8+,17-12+,18-11+. The van der Waals surface area contributed by atoms with Crippen molar-refractivity contribution in [3.8, 4) is 12.3 Å². The van der Waals surface area contributed by atoms with E-state index in [0.29, 0.717) is 13.2 Å². The first kappa shape index (κ1) is 18.7. The summed E-state index contributed by atoms with van der Waals surface area (Å²) in [4.78, 5) is 0. The molecule has 0 heterocycles. The first-order chi connectivity index (χ1) is 9.60.